The summed E-state index contributed by atoms with van der Waals surface area (Å²) in [4.78, 5) is 15.9. The highest BCUT2D eigenvalue weighted by Gasteiger charge is 2.73. The van der Waals surface area contributed by atoms with Gasteiger partial charge in [0, 0.05) is 24.6 Å². The van der Waals surface area contributed by atoms with Gasteiger partial charge in [-0.15, -0.1) is 0 Å². The second kappa shape index (κ2) is 8.36. The first-order valence-electron chi connectivity index (χ1n) is 14.7. The van der Waals surface area contributed by atoms with Gasteiger partial charge >= 0.3 is 0 Å². The maximum absolute atomic E-state index is 13.3. The Bertz CT molecular complexity index is 1050. The van der Waals surface area contributed by atoms with E-state index in [0.717, 1.165) is 37.4 Å². The normalized spacial score (nSPS) is 38.2. The van der Waals surface area contributed by atoms with Gasteiger partial charge in [-0.1, -0.05) is 45.1 Å². The van der Waals surface area contributed by atoms with Crippen molar-refractivity contribution >= 4 is 5.91 Å². The molecule has 2 heterocycles. The van der Waals surface area contributed by atoms with Gasteiger partial charge in [-0.3, -0.25) is 9.69 Å². The number of hydrogen-bond acceptors (Lipinski definition) is 5. The molecule has 1 spiro atoms. The van der Waals surface area contributed by atoms with Crippen LogP contribution in [0.1, 0.15) is 88.7 Å². The van der Waals surface area contributed by atoms with Crippen LogP contribution in [0.25, 0.3) is 0 Å². The minimum absolute atomic E-state index is 0.0731. The van der Waals surface area contributed by atoms with Crippen molar-refractivity contribution in [1.29, 1.82) is 0 Å². The Kier molecular flexibility index (Phi) is 5.42. The molecular formula is C30H42N2O4. The summed E-state index contributed by atoms with van der Waals surface area (Å²) in [5.41, 5.74) is 0.781. The van der Waals surface area contributed by atoms with Crippen molar-refractivity contribution in [3.8, 4) is 11.5 Å². The number of phenolic OH excluding ortho intramolecular Hbond substituents is 1. The molecule has 1 aromatic carbocycles. The van der Waals surface area contributed by atoms with Gasteiger partial charge in [-0.2, -0.15) is 0 Å². The number of nitrogens with zero attached hydrogens (tertiary/aromatic N) is 1. The zero-order valence-electron chi connectivity index (χ0n) is 21.7. The molecule has 6 aliphatic rings. The number of carbonyl (C=O) groups excluding carboxylic acids is 1. The van der Waals surface area contributed by atoms with Crippen molar-refractivity contribution in [1.82, 2.24) is 10.2 Å². The van der Waals surface area contributed by atoms with E-state index in [9.17, 15) is 15.0 Å². The number of aliphatic hydroxyl groups is 1. The second-order valence-corrected chi connectivity index (χ2v) is 13.1. The molecule has 2 aliphatic heterocycles. The maximum Gasteiger partial charge on any atom is 0.220 e. The standard InChI is InChI=1S/C30H42N2O4/c1-18(20-5-3-2-4-6-20)15-25(34)31-22-11-12-30(35)24-16-21-9-10-23(33)27-26(21)29(30,28(22)36-27)13-14-32(24)17-19-7-8-19/h9-10,18-20,22,24,28,33,35H,2-8,11-17H2,1H3,(H,31,34)/t18?,22?,24-,28?,29+,30-/m1/s1. The molecule has 7 rings (SSSR count). The summed E-state index contributed by atoms with van der Waals surface area (Å²) < 4.78 is 6.59. The molecule has 36 heavy (non-hydrogen) atoms. The van der Waals surface area contributed by atoms with E-state index >= 15 is 0 Å². The first-order valence-corrected chi connectivity index (χ1v) is 14.7. The number of rotatable bonds is 6. The number of amides is 1. The number of hydrogen-bond donors (Lipinski definition) is 3. The fourth-order valence-corrected chi connectivity index (χ4v) is 9.06. The molecule has 4 aliphatic carbocycles. The maximum atomic E-state index is 13.3. The Morgan fingerprint density at radius 1 is 1.17 bits per heavy atom. The minimum atomic E-state index is -0.895. The van der Waals surface area contributed by atoms with Crippen LogP contribution < -0.4 is 10.1 Å². The summed E-state index contributed by atoms with van der Waals surface area (Å²) >= 11 is 0. The third kappa shape index (κ3) is 3.32. The predicted molar refractivity (Wildman–Crippen MR) is 137 cm³/mol. The van der Waals surface area contributed by atoms with E-state index in [-0.39, 0.29) is 29.8 Å². The monoisotopic (exact) mass is 494 g/mol. The molecule has 1 aromatic rings. The van der Waals surface area contributed by atoms with E-state index in [4.69, 9.17) is 4.74 Å². The second-order valence-electron chi connectivity index (χ2n) is 13.1. The lowest BCUT2D eigenvalue weighted by molar-refractivity contribution is -0.192. The fourth-order valence-electron chi connectivity index (χ4n) is 9.06. The molecule has 0 radical (unpaired) electrons. The number of phenols is 1. The summed E-state index contributed by atoms with van der Waals surface area (Å²) in [6.07, 6.45) is 12.2. The van der Waals surface area contributed by atoms with E-state index in [1.807, 2.05) is 6.07 Å². The largest absolute Gasteiger partial charge is 0.504 e. The molecule has 6 atom stereocenters. The number of benzene rings is 1. The predicted octanol–water partition coefficient (Wildman–Crippen LogP) is 4.05. The average Bonchev–Trinajstić information content (AvgIpc) is 3.61. The van der Waals surface area contributed by atoms with E-state index in [1.54, 1.807) is 6.07 Å². The molecule has 2 bridgehead atoms. The van der Waals surface area contributed by atoms with Crippen LogP contribution in [0.5, 0.6) is 11.5 Å². The van der Waals surface area contributed by atoms with Crippen LogP contribution in [0.2, 0.25) is 0 Å². The molecule has 3 N–H and O–H groups in total. The van der Waals surface area contributed by atoms with E-state index in [0.29, 0.717) is 36.8 Å². The molecular weight excluding hydrogens is 452 g/mol. The summed E-state index contributed by atoms with van der Waals surface area (Å²) in [5, 5.41) is 26.7. The van der Waals surface area contributed by atoms with Crippen molar-refractivity contribution in [3.63, 3.8) is 0 Å². The highest BCUT2D eigenvalue weighted by Crippen LogP contribution is 2.65. The van der Waals surface area contributed by atoms with Gasteiger partial charge in [-0.05, 0) is 74.5 Å². The lowest BCUT2D eigenvalue weighted by atomic mass is 9.48. The SMILES string of the molecule is CC(CC(=O)NC1CC[C@@]2(O)[C@H]3Cc4ccc(O)c5c4[C@@]2(CCN3CC2CC2)C1O5)C1CCCCC1. The van der Waals surface area contributed by atoms with Crippen LogP contribution in [0.15, 0.2) is 12.1 Å². The lowest BCUT2D eigenvalue weighted by Gasteiger charge is -2.64. The van der Waals surface area contributed by atoms with E-state index in [2.05, 4.69) is 17.1 Å². The number of nitrogens with one attached hydrogen (secondary N) is 1. The van der Waals surface area contributed by atoms with Gasteiger partial charge < -0.3 is 20.3 Å². The van der Waals surface area contributed by atoms with Crippen molar-refractivity contribution in [2.75, 3.05) is 13.1 Å². The number of ether oxygens (including phenoxy) is 1. The number of carbonyl (C=O) groups is 1. The highest BCUT2D eigenvalue weighted by molar-refractivity contribution is 5.77. The zero-order chi connectivity index (χ0) is 24.7. The van der Waals surface area contributed by atoms with Crippen LogP contribution in [-0.4, -0.2) is 57.9 Å². The molecule has 3 saturated carbocycles. The van der Waals surface area contributed by atoms with Crippen LogP contribution in [0.4, 0.5) is 0 Å². The topological polar surface area (TPSA) is 82.0 Å². The molecule has 6 heteroatoms. The van der Waals surface area contributed by atoms with Crippen molar-refractivity contribution < 1.29 is 19.7 Å². The Hall–Kier alpha value is -1.79. The Labute approximate surface area is 214 Å². The highest BCUT2D eigenvalue weighted by atomic mass is 16.5. The lowest BCUT2D eigenvalue weighted by Crippen LogP contribution is -2.78. The molecule has 3 unspecified atom stereocenters. The summed E-state index contributed by atoms with van der Waals surface area (Å²) in [6, 6.07) is 3.73. The Morgan fingerprint density at radius 3 is 2.75 bits per heavy atom. The van der Waals surface area contributed by atoms with Gasteiger partial charge in [0.1, 0.15) is 6.10 Å². The zero-order valence-corrected chi connectivity index (χ0v) is 21.7. The van der Waals surface area contributed by atoms with Crippen LogP contribution in [-0.2, 0) is 16.6 Å². The molecule has 0 aromatic heterocycles. The first kappa shape index (κ1) is 23.3. The number of likely N-dealkylation sites (tertiary alicyclic amines) is 1. The molecule has 196 valence electrons. The molecule has 1 saturated heterocycles. The van der Waals surface area contributed by atoms with Gasteiger partial charge in [0.25, 0.3) is 0 Å². The summed E-state index contributed by atoms with van der Waals surface area (Å²) in [5.74, 6) is 2.66. The smallest absolute Gasteiger partial charge is 0.220 e. The van der Waals surface area contributed by atoms with Crippen molar-refractivity contribution in [2.45, 2.75) is 113 Å². The quantitative estimate of drug-likeness (QED) is 0.556. The first-order chi connectivity index (χ1) is 17.4. The van der Waals surface area contributed by atoms with Crippen molar-refractivity contribution in [3.05, 3.63) is 23.3 Å². The molecule has 1 amide bonds. The summed E-state index contributed by atoms with van der Waals surface area (Å²) in [6.45, 7) is 4.26. The van der Waals surface area contributed by atoms with E-state index in [1.165, 1.54) is 50.5 Å². The molecule has 4 fully saturated rings. The fraction of sp³-hybridized carbons (Fsp3) is 0.767. The molecule has 6 nitrogen and oxygen atoms in total. The Morgan fingerprint density at radius 2 is 1.97 bits per heavy atom. The van der Waals surface area contributed by atoms with Crippen LogP contribution >= 0.6 is 0 Å². The average molecular weight is 495 g/mol. The van der Waals surface area contributed by atoms with Crippen LogP contribution in [0.3, 0.4) is 0 Å². The number of piperidine rings is 1. The van der Waals surface area contributed by atoms with Crippen LogP contribution in [0, 0.1) is 17.8 Å². The third-order valence-electron chi connectivity index (χ3n) is 11.1. The Balaban J connectivity index is 1.18. The van der Waals surface area contributed by atoms with E-state index < -0.39 is 11.0 Å². The number of aromatic hydroxyl groups is 1. The summed E-state index contributed by atoms with van der Waals surface area (Å²) in [7, 11) is 0. The van der Waals surface area contributed by atoms with Gasteiger partial charge in [0.15, 0.2) is 11.5 Å². The minimum Gasteiger partial charge on any atom is -0.504 e. The van der Waals surface area contributed by atoms with Crippen molar-refractivity contribution in [2.24, 2.45) is 17.8 Å². The van der Waals surface area contributed by atoms with Gasteiger partial charge in [0.05, 0.1) is 17.1 Å². The van der Waals surface area contributed by atoms with Gasteiger partial charge in [-0.25, -0.2) is 0 Å². The third-order valence-corrected chi connectivity index (χ3v) is 11.1. The van der Waals surface area contributed by atoms with Gasteiger partial charge in [0.2, 0.25) is 5.91 Å².